The van der Waals surface area contributed by atoms with Crippen molar-refractivity contribution in [2.75, 3.05) is 19.7 Å². The Morgan fingerprint density at radius 2 is 2.00 bits per heavy atom. The molecule has 1 saturated heterocycles. The van der Waals surface area contributed by atoms with Crippen LogP contribution >= 0.6 is 0 Å². The van der Waals surface area contributed by atoms with Crippen molar-refractivity contribution in [3.05, 3.63) is 35.4 Å². The van der Waals surface area contributed by atoms with Crippen molar-refractivity contribution in [2.24, 2.45) is 11.8 Å². The van der Waals surface area contributed by atoms with E-state index >= 15 is 0 Å². The number of benzene rings is 1. The Bertz CT molecular complexity index is 596. The number of piperidine rings is 1. The number of ether oxygens (including phenoxy) is 1. The second-order valence-electron chi connectivity index (χ2n) is 6.01. The highest BCUT2D eigenvalue weighted by atomic mass is 16.5. The van der Waals surface area contributed by atoms with Crippen molar-refractivity contribution in [1.82, 2.24) is 4.90 Å². The zero-order valence-electron chi connectivity index (χ0n) is 12.9. The molecule has 1 aromatic carbocycles. The highest BCUT2D eigenvalue weighted by Gasteiger charge is 2.26. The Labute approximate surface area is 130 Å². The number of nitrogens with zero attached hydrogens (tertiary/aromatic N) is 2. The Morgan fingerprint density at radius 1 is 1.32 bits per heavy atom. The van der Waals surface area contributed by atoms with E-state index in [1.165, 1.54) is 6.07 Å². The first-order valence-electron chi connectivity index (χ1n) is 7.44. The van der Waals surface area contributed by atoms with Gasteiger partial charge in [0.15, 0.2) is 6.61 Å². The highest BCUT2D eigenvalue weighted by molar-refractivity contribution is 5.91. The lowest BCUT2D eigenvalue weighted by Crippen LogP contribution is -2.44. The molecule has 0 radical (unpaired) electrons. The third kappa shape index (κ3) is 4.08. The van der Waals surface area contributed by atoms with Crippen molar-refractivity contribution in [1.29, 1.82) is 5.26 Å². The van der Waals surface area contributed by atoms with E-state index in [1.807, 2.05) is 6.07 Å². The van der Waals surface area contributed by atoms with Gasteiger partial charge in [-0.15, -0.1) is 0 Å². The van der Waals surface area contributed by atoms with Gasteiger partial charge in [0.25, 0.3) is 5.91 Å². The normalized spacial score (nSPS) is 21.0. The second-order valence-corrected chi connectivity index (χ2v) is 6.01. The molecule has 1 heterocycles. The van der Waals surface area contributed by atoms with Gasteiger partial charge in [0.05, 0.1) is 17.2 Å². The van der Waals surface area contributed by atoms with E-state index in [9.17, 15) is 9.59 Å². The lowest BCUT2D eigenvalue weighted by atomic mass is 9.92. The molecule has 116 valence electrons. The van der Waals surface area contributed by atoms with Gasteiger partial charge in [0.2, 0.25) is 0 Å². The van der Waals surface area contributed by atoms with Crippen LogP contribution < -0.4 is 0 Å². The average molecular weight is 300 g/mol. The van der Waals surface area contributed by atoms with E-state index in [-0.39, 0.29) is 18.1 Å². The molecule has 0 bridgehead atoms. The first kappa shape index (κ1) is 16.0. The Hall–Kier alpha value is -2.35. The number of esters is 1. The number of hydrogen-bond donors (Lipinski definition) is 0. The number of nitriles is 1. The summed E-state index contributed by atoms with van der Waals surface area (Å²) in [6.07, 6.45) is 1.12. The quantitative estimate of drug-likeness (QED) is 0.803. The molecule has 0 saturated carbocycles. The van der Waals surface area contributed by atoms with Gasteiger partial charge in [0.1, 0.15) is 0 Å². The van der Waals surface area contributed by atoms with Crippen molar-refractivity contribution in [2.45, 2.75) is 20.3 Å². The molecule has 1 aromatic rings. The molecule has 5 nitrogen and oxygen atoms in total. The van der Waals surface area contributed by atoms with Gasteiger partial charge in [-0.25, -0.2) is 4.79 Å². The molecule has 0 spiro atoms. The molecule has 1 aliphatic rings. The van der Waals surface area contributed by atoms with Gasteiger partial charge in [-0.1, -0.05) is 19.9 Å². The highest BCUT2D eigenvalue weighted by Crippen LogP contribution is 2.21. The SMILES string of the molecule is C[C@@H]1C[C@H](C)CN(C(=O)COC(=O)c2cccc(C#N)c2)C1. The summed E-state index contributed by atoms with van der Waals surface area (Å²) in [5, 5.41) is 8.82. The number of carbonyl (C=O) groups is 2. The van der Waals surface area contributed by atoms with E-state index in [0.29, 0.717) is 30.5 Å². The smallest absolute Gasteiger partial charge is 0.338 e. The van der Waals surface area contributed by atoms with E-state index in [2.05, 4.69) is 13.8 Å². The lowest BCUT2D eigenvalue weighted by molar-refractivity contribution is -0.137. The van der Waals surface area contributed by atoms with Crippen LogP contribution in [0.25, 0.3) is 0 Å². The molecule has 1 fully saturated rings. The Morgan fingerprint density at radius 3 is 2.64 bits per heavy atom. The van der Waals surface area contributed by atoms with Crippen molar-refractivity contribution in [3.8, 4) is 6.07 Å². The third-order valence-electron chi connectivity index (χ3n) is 3.78. The first-order chi connectivity index (χ1) is 10.5. The maximum atomic E-state index is 12.1. The Balaban J connectivity index is 1.90. The number of rotatable bonds is 3. The molecule has 5 heteroatoms. The monoisotopic (exact) mass is 300 g/mol. The van der Waals surface area contributed by atoms with Gasteiger partial charge in [0, 0.05) is 13.1 Å². The minimum Gasteiger partial charge on any atom is -0.452 e. The Kier molecular flexibility index (Phi) is 5.16. The summed E-state index contributed by atoms with van der Waals surface area (Å²) in [5.74, 6) is 0.193. The van der Waals surface area contributed by atoms with Crippen molar-refractivity contribution in [3.63, 3.8) is 0 Å². The van der Waals surface area contributed by atoms with E-state index in [1.54, 1.807) is 23.1 Å². The van der Waals surface area contributed by atoms with E-state index in [0.717, 1.165) is 6.42 Å². The summed E-state index contributed by atoms with van der Waals surface area (Å²) in [5.41, 5.74) is 0.673. The van der Waals surface area contributed by atoms with Gasteiger partial charge < -0.3 is 9.64 Å². The predicted molar refractivity (Wildman–Crippen MR) is 81.0 cm³/mol. The van der Waals surface area contributed by atoms with Crippen molar-refractivity contribution >= 4 is 11.9 Å². The average Bonchev–Trinajstić information content (AvgIpc) is 2.51. The molecule has 1 aliphatic heterocycles. The van der Waals surface area contributed by atoms with Crippen LogP contribution in [0.4, 0.5) is 0 Å². The zero-order valence-corrected chi connectivity index (χ0v) is 12.9. The van der Waals surface area contributed by atoms with Crippen LogP contribution in [0.15, 0.2) is 24.3 Å². The van der Waals surface area contributed by atoms with Crippen LogP contribution in [0.2, 0.25) is 0 Å². The van der Waals surface area contributed by atoms with Crippen LogP contribution in [0.3, 0.4) is 0 Å². The van der Waals surface area contributed by atoms with E-state index in [4.69, 9.17) is 10.00 Å². The fourth-order valence-corrected chi connectivity index (χ4v) is 2.88. The lowest BCUT2D eigenvalue weighted by Gasteiger charge is -2.34. The molecular weight excluding hydrogens is 280 g/mol. The van der Waals surface area contributed by atoms with Crippen LogP contribution in [-0.2, 0) is 9.53 Å². The number of carbonyl (C=O) groups excluding carboxylic acids is 2. The van der Waals surface area contributed by atoms with Gasteiger partial charge in [-0.05, 0) is 36.5 Å². The number of hydrogen-bond acceptors (Lipinski definition) is 4. The summed E-state index contributed by atoms with van der Waals surface area (Å²) in [6.45, 7) is 5.41. The zero-order chi connectivity index (χ0) is 16.1. The van der Waals surface area contributed by atoms with E-state index < -0.39 is 5.97 Å². The minimum atomic E-state index is -0.580. The summed E-state index contributed by atoms with van der Waals surface area (Å²) >= 11 is 0. The molecule has 0 unspecified atom stereocenters. The van der Waals surface area contributed by atoms with Crippen LogP contribution in [0.1, 0.15) is 36.2 Å². The maximum absolute atomic E-state index is 12.1. The van der Waals surface area contributed by atoms with Gasteiger partial charge in [-0.3, -0.25) is 4.79 Å². The number of amides is 1. The molecule has 2 atom stereocenters. The fourth-order valence-electron chi connectivity index (χ4n) is 2.88. The van der Waals surface area contributed by atoms with Gasteiger partial charge in [-0.2, -0.15) is 5.26 Å². The van der Waals surface area contributed by atoms with Crippen molar-refractivity contribution < 1.29 is 14.3 Å². The molecule has 22 heavy (non-hydrogen) atoms. The number of likely N-dealkylation sites (tertiary alicyclic amines) is 1. The largest absolute Gasteiger partial charge is 0.452 e. The fraction of sp³-hybridized carbons (Fsp3) is 0.471. The maximum Gasteiger partial charge on any atom is 0.338 e. The summed E-state index contributed by atoms with van der Waals surface area (Å²) in [4.78, 5) is 25.8. The first-order valence-corrected chi connectivity index (χ1v) is 7.44. The predicted octanol–water partition coefficient (Wildman–Crippen LogP) is 2.22. The van der Waals surface area contributed by atoms with Crippen LogP contribution in [0.5, 0.6) is 0 Å². The molecular formula is C17H20N2O3. The summed E-state index contributed by atoms with van der Waals surface area (Å²) in [6, 6.07) is 8.22. The summed E-state index contributed by atoms with van der Waals surface area (Å²) in [7, 11) is 0. The standard InChI is InChI=1S/C17H20N2O3/c1-12-6-13(2)10-19(9-12)16(20)11-22-17(21)15-5-3-4-14(7-15)8-18/h3-5,7,12-13H,6,9-11H2,1-2H3/t12-,13+. The topological polar surface area (TPSA) is 70.4 Å². The minimum absolute atomic E-state index is 0.164. The van der Waals surface area contributed by atoms with Crippen LogP contribution in [-0.4, -0.2) is 36.5 Å². The third-order valence-corrected chi connectivity index (χ3v) is 3.78. The van der Waals surface area contributed by atoms with Gasteiger partial charge >= 0.3 is 5.97 Å². The molecule has 1 amide bonds. The molecule has 0 N–H and O–H groups in total. The molecule has 0 aliphatic carbocycles. The second kappa shape index (κ2) is 7.08. The summed E-state index contributed by atoms with van der Waals surface area (Å²) < 4.78 is 5.07. The molecule has 0 aromatic heterocycles. The molecule has 2 rings (SSSR count). The van der Waals surface area contributed by atoms with Crippen LogP contribution in [0, 0.1) is 23.2 Å².